The van der Waals surface area contributed by atoms with Crippen molar-refractivity contribution in [2.45, 2.75) is 26.7 Å². The van der Waals surface area contributed by atoms with Crippen LogP contribution in [-0.4, -0.2) is 13.7 Å². The van der Waals surface area contributed by atoms with E-state index in [-0.39, 0.29) is 5.92 Å². The molecule has 2 N–H and O–H groups in total. The minimum Gasteiger partial charge on any atom is -0.496 e. The molecule has 1 rings (SSSR count). The van der Waals surface area contributed by atoms with Crippen molar-refractivity contribution in [2.24, 2.45) is 5.73 Å². The summed E-state index contributed by atoms with van der Waals surface area (Å²) < 4.78 is 5.42. The van der Waals surface area contributed by atoms with Gasteiger partial charge in [0.05, 0.1) is 7.11 Å². The lowest BCUT2D eigenvalue weighted by atomic mass is 9.93. The Morgan fingerprint density at radius 1 is 1.47 bits per heavy atom. The molecule has 84 valence electrons. The molecule has 1 aromatic carbocycles. The van der Waals surface area contributed by atoms with Gasteiger partial charge in [0.25, 0.3) is 0 Å². The third kappa shape index (κ3) is 2.27. The van der Waals surface area contributed by atoms with E-state index in [4.69, 9.17) is 22.1 Å². The van der Waals surface area contributed by atoms with Crippen LogP contribution in [0.4, 0.5) is 0 Å². The second-order valence-corrected chi connectivity index (χ2v) is 4.29. The van der Waals surface area contributed by atoms with Gasteiger partial charge < -0.3 is 10.5 Å². The molecule has 0 saturated carbocycles. The van der Waals surface area contributed by atoms with Crippen LogP contribution in [0.5, 0.6) is 5.75 Å². The molecule has 0 fully saturated rings. The Labute approximate surface area is 96.4 Å². The Morgan fingerprint density at radius 2 is 2.07 bits per heavy atom. The highest BCUT2D eigenvalue weighted by Gasteiger charge is 2.17. The number of methoxy groups -OCH3 is 1. The molecule has 0 radical (unpaired) electrons. The highest BCUT2D eigenvalue weighted by atomic mass is 35.5. The highest BCUT2D eigenvalue weighted by molar-refractivity contribution is 6.31. The SMILES string of the molecule is COc1c(C)cc(Cl)c(C)c1C(C)CN. The van der Waals surface area contributed by atoms with Crippen molar-refractivity contribution in [3.05, 3.63) is 27.8 Å². The Balaban J connectivity index is 3.43. The maximum Gasteiger partial charge on any atom is 0.125 e. The number of hydrogen-bond acceptors (Lipinski definition) is 2. The molecule has 0 heterocycles. The molecule has 0 amide bonds. The summed E-state index contributed by atoms with van der Waals surface area (Å²) in [5.41, 5.74) is 8.95. The second kappa shape index (κ2) is 4.86. The van der Waals surface area contributed by atoms with Gasteiger partial charge in [0.15, 0.2) is 0 Å². The fraction of sp³-hybridized carbons (Fsp3) is 0.500. The molecule has 0 aliphatic rings. The molecule has 0 bridgehead atoms. The van der Waals surface area contributed by atoms with Crippen LogP contribution in [-0.2, 0) is 0 Å². The van der Waals surface area contributed by atoms with E-state index < -0.39 is 0 Å². The zero-order valence-electron chi connectivity index (χ0n) is 9.73. The number of aryl methyl sites for hydroxylation is 1. The van der Waals surface area contributed by atoms with Crippen LogP contribution in [0.1, 0.15) is 29.5 Å². The van der Waals surface area contributed by atoms with Gasteiger partial charge in [0.1, 0.15) is 5.75 Å². The van der Waals surface area contributed by atoms with Crippen LogP contribution in [0, 0.1) is 13.8 Å². The summed E-state index contributed by atoms with van der Waals surface area (Å²) in [6, 6.07) is 1.93. The van der Waals surface area contributed by atoms with Crippen molar-refractivity contribution in [3.8, 4) is 5.75 Å². The highest BCUT2D eigenvalue weighted by Crippen LogP contribution is 2.36. The predicted octanol–water partition coefficient (Wildman–Crippen LogP) is 3.03. The molecule has 0 aliphatic carbocycles. The zero-order valence-corrected chi connectivity index (χ0v) is 10.5. The lowest BCUT2D eigenvalue weighted by Crippen LogP contribution is -2.12. The fourth-order valence-electron chi connectivity index (χ4n) is 1.86. The van der Waals surface area contributed by atoms with Gasteiger partial charge in [-0.05, 0) is 43.5 Å². The van der Waals surface area contributed by atoms with Gasteiger partial charge in [0, 0.05) is 10.6 Å². The van der Waals surface area contributed by atoms with Crippen LogP contribution in [0.25, 0.3) is 0 Å². The fourth-order valence-corrected chi connectivity index (χ4v) is 2.12. The molecule has 0 saturated heterocycles. The van der Waals surface area contributed by atoms with E-state index >= 15 is 0 Å². The Morgan fingerprint density at radius 3 is 2.53 bits per heavy atom. The molecule has 0 aliphatic heterocycles. The zero-order chi connectivity index (χ0) is 11.6. The van der Waals surface area contributed by atoms with E-state index in [1.165, 1.54) is 0 Å². The molecule has 1 atom stereocenters. The molecule has 2 nitrogen and oxygen atoms in total. The van der Waals surface area contributed by atoms with Gasteiger partial charge >= 0.3 is 0 Å². The standard InChI is InChI=1S/C12H18ClNO/c1-7-5-10(13)9(3)11(8(2)6-14)12(7)15-4/h5,8H,6,14H2,1-4H3. The van der Waals surface area contributed by atoms with Crippen LogP contribution in [0.3, 0.4) is 0 Å². The Kier molecular flexibility index (Phi) is 4.00. The van der Waals surface area contributed by atoms with Crippen LogP contribution in [0.2, 0.25) is 5.02 Å². The normalized spacial score (nSPS) is 12.7. The summed E-state index contributed by atoms with van der Waals surface area (Å²) in [5, 5.41) is 0.781. The van der Waals surface area contributed by atoms with Gasteiger partial charge in [-0.3, -0.25) is 0 Å². The van der Waals surface area contributed by atoms with E-state index in [1.54, 1.807) is 7.11 Å². The molecule has 3 heteroatoms. The predicted molar refractivity (Wildman–Crippen MR) is 64.9 cm³/mol. The van der Waals surface area contributed by atoms with E-state index in [1.807, 2.05) is 19.9 Å². The summed E-state index contributed by atoms with van der Waals surface area (Å²) in [4.78, 5) is 0. The molecule has 1 aromatic rings. The van der Waals surface area contributed by atoms with E-state index in [2.05, 4.69) is 6.92 Å². The number of ether oxygens (including phenoxy) is 1. The van der Waals surface area contributed by atoms with Gasteiger partial charge in [-0.1, -0.05) is 18.5 Å². The van der Waals surface area contributed by atoms with Crippen molar-refractivity contribution < 1.29 is 4.74 Å². The topological polar surface area (TPSA) is 35.2 Å². The maximum absolute atomic E-state index is 6.15. The molecular formula is C12H18ClNO. The number of halogens is 1. The smallest absolute Gasteiger partial charge is 0.125 e. The van der Waals surface area contributed by atoms with Crippen molar-refractivity contribution >= 4 is 11.6 Å². The molecule has 1 unspecified atom stereocenters. The van der Waals surface area contributed by atoms with E-state index in [0.717, 1.165) is 27.5 Å². The number of hydrogen-bond donors (Lipinski definition) is 1. The molecule has 0 spiro atoms. The largest absolute Gasteiger partial charge is 0.496 e. The monoisotopic (exact) mass is 227 g/mol. The summed E-state index contributed by atoms with van der Waals surface area (Å²) in [7, 11) is 1.68. The van der Waals surface area contributed by atoms with Crippen LogP contribution in [0.15, 0.2) is 6.07 Å². The minimum atomic E-state index is 0.261. The first-order valence-corrected chi connectivity index (χ1v) is 5.44. The first-order chi connectivity index (χ1) is 7.02. The average Bonchev–Trinajstić information content (AvgIpc) is 2.21. The molecule has 15 heavy (non-hydrogen) atoms. The first kappa shape index (κ1) is 12.3. The number of nitrogens with two attached hydrogens (primary N) is 1. The van der Waals surface area contributed by atoms with Crippen molar-refractivity contribution in [1.29, 1.82) is 0 Å². The Hall–Kier alpha value is -0.730. The summed E-state index contributed by atoms with van der Waals surface area (Å²) in [6.07, 6.45) is 0. The van der Waals surface area contributed by atoms with Gasteiger partial charge in [-0.15, -0.1) is 0 Å². The van der Waals surface area contributed by atoms with Gasteiger partial charge in [-0.25, -0.2) is 0 Å². The number of benzene rings is 1. The summed E-state index contributed by atoms with van der Waals surface area (Å²) in [6.45, 7) is 6.68. The lowest BCUT2D eigenvalue weighted by molar-refractivity contribution is 0.403. The second-order valence-electron chi connectivity index (χ2n) is 3.88. The average molecular weight is 228 g/mol. The van der Waals surface area contributed by atoms with E-state index in [9.17, 15) is 0 Å². The molecule has 0 aromatic heterocycles. The minimum absolute atomic E-state index is 0.261. The van der Waals surface area contributed by atoms with Crippen molar-refractivity contribution in [3.63, 3.8) is 0 Å². The van der Waals surface area contributed by atoms with Crippen LogP contribution < -0.4 is 10.5 Å². The lowest BCUT2D eigenvalue weighted by Gasteiger charge is -2.19. The number of rotatable bonds is 3. The van der Waals surface area contributed by atoms with Gasteiger partial charge in [0.2, 0.25) is 0 Å². The van der Waals surface area contributed by atoms with Crippen molar-refractivity contribution in [2.75, 3.05) is 13.7 Å². The van der Waals surface area contributed by atoms with Gasteiger partial charge in [-0.2, -0.15) is 0 Å². The third-order valence-corrected chi connectivity index (χ3v) is 3.15. The third-order valence-electron chi connectivity index (χ3n) is 2.76. The quantitative estimate of drug-likeness (QED) is 0.862. The van der Waals surface area contributed by atoms with Crippen molar-refractivity contribution in [1.82, 2.24) is 0 Å². The van der Waals surface area contributed by atoms with Crippen LogP contribution >= 0.6 is 11.6 Å². The maximum atomic E-state index is 6.15. The molecular weight excluding hydrogens is 210 g/mol. The summed E-state index contributed by atoms with van der Waals surface area (Å²) in [5.74, 6) is 1.17. The Bertz CT molecular complexity index is 363. The van der Waals surface area contributed by atoms with E-state index in [0.29, 0.717) is 6.54 Å². The first-order valence-electron chi connectivity index (χ1n) is 5.06. The summed E-state index contributed by atoms with van der Waals surface area (Å²) >= 11 is 6.15.